The number of phenolic OH excluding ortho intramolecular Hbond substituents is 1. The second-order valence-corrected chi connectivity index (χ2v) is 9.12. The number of esters is 1. The highest BCUT2D eigenvalue weighted by Crippen LogP contribution is 2.34. The van der Waals surface area contributed by atoms with Crippen molar-refractivity contribution < 1.29 is 29.0 Å². The molecular weight excluding hydrogens is 488 g/mol. The number of rotatable bonds is 10. The van der Waals surface area contributed by atoms with Gasteiger partial charge in [-0.2, -0.15) is 0 Å². The second kappa shape index (κ2) is 12.4. The first kappa shape index (κ1) is 26.2. The molecule has 2 N–H and O–H groups in total. The van der Waals surface area contributed by atoms with Crippen molar-refractivity contribution >= 4 is 57.8 Å². The van der Waals surface area contributed by atoms with E-state index in [9.17, 15) is 19.5 Å². The van der Waals surface area contributed by atoms with E-state index < -0.39 is 5.97 Å². The molecule has 1 fully saturated rings. The number of ether oxygens (including phenoxy) is 2. The standard InChI is InChI=1S/C25H26N2O6S2/c1-3-32-20-14-16(7-12-19(20)28)15-21-23(30)27(25(34)35-21)13-5-6-22(29)26-18-10-8-17(9-11-18)24(31)33-4-2/h7-12,14-15,28H,3-6,13H2,1-2H3,(H,26,29)/b21-15-. The van der Waals surface area contributed by atoms with Crippen LogP contribution in [0.3, 0.4) is 0 Å². The van der Waals surface area contributed by atoms with Gasteiger partial charge >= 0.3 is 5.97 Å². The van der Waals surface area contributed by atoms with Gasteiger partial charge in [-0.15, -0.1) is 0 Å². The highest BCUT2D eigenvalue weighted by Gasteiger charge is 2.31. The van der Waals surface area contributed by atoms with Crippen LogP contribution >= 0.6 is 24.0 Å². The van der Waals surface area contributed by atoms with Gasteiger partial charge < -0.3 is 19.9 Å². The lowest BCUT2D eigenvalue weighted by Gasteiger charge is -2.14. The van der Waals surface area contributed by atoms with E-state index >= 15 is 0 Å². The lowest BCUT2D eigenvalue weighted by Crippen LogP contribution is -2.29. The molecule has 3 rings (SSSR count). The SMILES string of the molecule is CCOC(=O)c1ccc(NC(=O)CCCN2C(=O)/C(=C/c3ccc(O)c(OCC)c3)SC2=S)cc1. The summed E-state index contributed by atoms with van der Waals surface area (Å²) in [7, 11) is 0. The number of hydrogen-bond donors (Lipinski definition) is 2. The summed E-state index contributed by atoms with van der Waals surface area (Å²) in [5.74, 6) is -0.463. The third-order valence-corrected chi connectivity index (χ3v) is 6.30. The Balaban J connectivity index is 1.52. The van der Waals surface area contributed by atoms with E-state index in [1.54, 1.807) is 49.4 Å². The third-order valence-electron chi connectivity index (χ3n) is 4.92. The highest BCUT2D eigenvalue weighted by atomic mass is 32.2. The van der Waals surface area contributed by atoms with E-state index in [-0.39, 0.29) is 24.0 Å². The van der Waals surface area contributed by atoms with Gasteiger partial charge in [0.25, 0.3) is 5.91 Å². The molecule has 10 heteroatoms. The summed E-state index contributed by atoms with van der Waals surface area (Å²) in [4.78, 5) is 38.8. The monoisotopic (exact) mass is 514 g/mol. The molecule has 2 amide bonds. The number of thioether (sulfide) groups is 1. The largest absolute Gasteiger partial charge is 0.504 e. The number of benzene rings is 2. The van der Waals surface area contributed by atoms with Crippen LogP contribution in [0, 0.1) is 0 Å². The number of hydrogen-bond acceptors (Lipinski definition) is 8. The van der Waals surface area contributed by atoms with Gasteiger partial charge in [0.1, 0.15) is 4.32 Å². The van der Waals surface area contributed by atoms with Crippen LogP contribution in [-0.2, 0) is 14.3 Å². The summed E-state index contributed by atoms with van der Waals surface area (Å²) in [5.41, 5.74) is 1.69. The molecule has 1 aliphatic rings. The summed E-state index contributed by atoms with van der Waals surface area (Å²) in [6, 6.07) is 11.3. The number of phenols is 1. The van der Waals surface area contributed by atoms with Gasteiger partial charge in [-0.3, -0.25) is 14.5 Å². The van der Waals surface area contributed by atoms with Crippen LogP contribution in [0.1, 0.15) is 42.6 Å². The quantitative estimate of drug-likeness (QED) is 0.270. The molecular formula is C25H26N2O6S2. The van der Waals surface area contributed by atoms with Crippen molar-refractivity contribution in [1.82, 2.24) is 4.90 Å². The first-order chi connectivity index (χ1) is 16.8. The average molecular weight is 515 g/mol. The van der Waals surface area contributed by atoms with Gasteiger partial charge in [-0.1, -0.05) is 30.0 Å². The van der Waals surface area contributed by atoms with Crippen LogP contribution in [0.2, 0.25) is 0 Å². The van der Waals surface area contributed by atoms with Crippen LogP contribution in [0.15, 0.2) is 47.4 Å². The fourth-order valence-corrected chi connectivity index (χ4v) is 4.57. The Morgan fingerprint density at radius 2 is 1.89 bits per heavy atom. The maximum Gasteiger partial charge on any atom is 0.338 e. The molecule has 1 heterocycles. The number of carbonyl (C=O) groups excluding carboxylic acids is 3. The molecule has 1 aliphatic heterocycles. The molecule has 0 aromatic heterocycles. The Labute approximate surface area is 213 Å². The predicted molar refractivity (Wildman–Crippen MR) is 139 cm³/mol. The van der Waals surface area contributed by atoms with Gasteiger partial charge in [-0.25, -0.2) is 4.79 Å². The fraction of sp³-hybridized carbons (Fsp3) is 0.280. The van der Waals surface area contributed by atoms with Gasteiger partial charge in [0.15, 0.2) is 11.5 Å². The Morgan fingerprint density at radius 3 is 2.57 bits per heavy atom. The van der Waals surface area contributed by atoms with E-state index in [2.05, 4.69) is 5.32 Å². The van der Waals surface area contributed by atoms with Gasteiger partial charge in [0.2, 0.25) is 5.91 Å². The van der Waals surface area contributed by atoms with Crippen molar-refractivity contribution in [3.63, 3.8) is 0 Å². The van der Waals surface area contributed by atoms with Crippen molar-refractivity contribution in [1.29, 1.82) is 0 Å². The van der Waals surface area contributed by atoms with Gasteiger partial charge in [0.05, 0.1) is 23.7 Å². The normalized spacial score (nSPS) is 14.3. The Hall–Kier alpha value is -3.37. The molecule has 35 heavy (non-hydrogen) atoms. The zero-order valence-corrected chi connectivity index (χ0v) is 21.0. The first-order valence-corrected chi connectivity index (χ1v) is 12.3. The van der Waals surface area contributed by atoms with Crippen molar-refractivity contribution in [3.05, 3.63) is 58.5 Å². The number of anilines is 1. The number of amides is 2. The highest BCUT2D eigenvalue weighted by molar-refractivity contribution is 8.26. The Kier molecular flexibility index (Phi) is 9.27. The molecule has 8 nitrogen and oxygen atoms in total. The Morgan fingerprint density at radius 1 is 1.14 bits per heavy atom. The molecule has 0 spiro atoms. The molecule has 0 saturated carbocycles. The minimum atomic E-state index is -0.414. The predicted octanol–water partition coefficient (Wildman–Crippen LogP) is 4.59. The number of aromatic hydroxyl groups is 1. The molecule has 1 saturated heterocycles. The topological polar surface area (TPSA) is 105 Å². The first-order valence-electron chi connectivity index (χ1n) is 11.1. The lowest BCUT2D eigenvalue weighted by atomic mass is 10.2. The summed E-state index contributed by atoms with van der Waals surface area (Å²) >= 11 is 6.55. The van der Waals surface area contributed by atoms with Crippen molar-refractivity contribution in [3.8, 4) is 11.5 Å². The van der Waals surface area contributed by atoms with Gasteiger partial charge in [-0.05, 0) is 68.3 Å². The molecule has 2 aromatic carbocycles. The minimum Gasteiger partial charge on any atom is -0.504 e. The minimum absolute atomic E-state index is 0.0322. The fourth-order valence-electron chi connectivity index (χ4n) is 3.26. The summed E-state index contributed by atoms with van der Waals surface area (Å²) in [5, 5.41) is 12.6. The van der Waals surface area contributed by atoms with Crippen molar-refractivity contribution in [2.45, 2.75) is 26.7 Å². The third kappa shape index (κ3) is 7.06. The van der Waals surface area contributed by atoms with Crippen molar-refractivity contribution in [2.75, 3.05) is 25.1 Å². The summed E-state index contributed by atoms with van der Waals surface area (Å²) in [6.07, 6.45) is 2.33. The molecule has 0 bridgehead atoms. The number of carbonyl (C=O) groups is 3. The number of nitrogens with zero attached hydrogens (tertiary/aromatic N) is 1. The summed E-state index contributed by atoms with van der Waals surface area (Å²) < 4.78 is 10.8. The van der Waals surface area contributed by atoms with Crippen molar-refractivity contribution in [2.24, 2.45) is 0 Å². The van der Waals surface area contributed by atoms with Crippen LogP contribution < -0.4 is 10.1 Å². The van der Waals surface area contributed by atoms with Crippen LogP contribution in [0.5, 0.6) is 11.5 Å². The maximum atomic E-state index is 12.8. The molecule has 0 unspecified atom stereocenters. The Bertz CT molecular complexity index is 1150. The second-order valence-electron chi connectivity index (χ2n) is 7.44. The summed E-state index contributed by atoms with van der Waals surface area (Å²) in [6.45, 7) is 4.57. The van der Waals surface area contributed by atoms with E-state index in [0.29, 0.717) is 58.0 Å². The van der Waals surface area contributed by atoms with Gasteiger partial charge in [0, 0.05) is 18.7 Å². The molecule has 0 aliphatic carbocycles. The molecule has 0 radical (unpaired) electrons. The number of nitrogens with one attached hydrogen (secondary N) is 1. The van der Waals surface area contributed by atoms with Crippen LogP contribution in [-0.4, -0.2) is 51.9 Å². The maximum absolute atomic E-state index is 12.8. The molecule has 0 atom stereocenters. The molecule has 2 aromatic rings. The lowest BCUT2D eigenvalue weighted by molar-refractivity contribution is -0.122. The molecule has 184 valence electrons. The van der Waals surface area contributed by atoms with E-state index in [4.69, 9.17) is 21.7 Å². The zero-order valence-electron chi connectivity index (χ0n) is 19.4. The number of thiocarbonyl (C=S) groups is 1. The van der Waals surface area contributed by atoms with E-state index in [1.165, 1.54) is 22.7 Å². The van der Waals surface area contributed by atoms with Crippen LogP contribution in [0.4, 0.5) is 5.69 Å². The van der Waals surface area contributed by atoms with E-state index in [1.807, 2.05) is 6.92 Å². The van der Waals surface area contributed by atoms with E-state index in [0.717, 1.165) is 0 Å². The van der Waals surface area contributed by atoms with Crippen LogP contribution in [0.25, 0.3) is 6.08 Å². The zero-order chi connectivity index (χ0) is 25.4. The smallest absolute Gasteiger partial charge is 0.338 e. The average Bonchev–Trinajstić information content (AvgIpc) is 3.09.